The van der Waals surface area contributed by atoms with Gasteiger partial charge in [0.2, 0.25) is 0 Å². The fourth-order valence-corrected chi connectivity index (χ4v) is 6.77. The van der Waals surface area contributed by atoms with Crippen molar-refractivity contribution in [3.05, 3.63) is 47.5 Å². The highest BCUT2D eigenvalue weighted by molar-refractivity contribution is 5.75. The second kappa shape index (κ2) is 9.89. The monoisotopic (exact) mass is 522 g/mol. The molecule has 8 nitrogen and oxygen atoms in total. The average molecular weight is 523 g/mol. The van der Waals surface area contributed by atoms with Crippen molar-refractivity contribution in [2.24, 2.45) is 16.7 Å². The number of carbonyl (C=O) groups excluding carboxylic acids is 4. The summed E-state index contributed by atoms with van der Waals surface area (Å²) in [6, 6.07) is 10.8. The minimum Gasteiger partial charge on any atom is -0.423 e. The quantitative estimate of drug-likeness (QED) is 0.351. The van der Waals surface area contributed by atoms with Crippen LogP contribution in [0.5, 0.6) is 23.0 Å². The molecule has 4 unspecified atom stereocenters. The first-order chi connectivity index (χ1) is 17.7. The van der Waals surface area contributed by atoms with E-state index in [1.165, 1.54) is 27.7 Å². The Kier molecular flexibility index (Phi) is 7.12. The molecule has 2 aromatic rings. The van der Waals surface area contributed by atoms with Gasteiger partial charge in [0.25, 0.3) is 0 Å². The van der Waals surface area contributed by atoms with E-state index >= 15 is 0 Å². The molecule has 38 heavy (non-hydrogen) atoms. The smallest absolute Gasteiger partial charge is 0.308 e. The highest BCUT2D eigenvalue weighted by Gasteiger charge is 2.66. The fraction of sp³-hybridized carbons (Fsp3) is 0.467. The summed E-state index contributed by atoms with van der Waals surface area (Å²) in [5.74, 6) is -0.930. The highest BCUT2D eigenvalue weighted by Crippen LogP contribution is 2.75. The van der Waals surface area contributed by atoms with Crippen molar-refractivity contribution in [1.82, 2.24) is 0 Å². The van der Waals surface area contributed by atoms with Gasteiger partial charge in [0.15, 0.2) is 23.0 Å². The van der Waals surface area contributed by atoms with E-state index in [1.807, 2.05) is 12.1 Å². The van der Waals surface area contributed by atoms with Crippen LogP contribution in [0, 0.1) is 16.7 Å². The molecule has 0 aromatic heterocycles. The molecule has 2 saturated carbocycles. The van der Waals surface area contributed by atoms with Gasteiger partial charge in [0.05, 0.1) is 0 Å². The standard InChI is InChI=1S/C30H34O8/c1-16(31)35-23-10-8-20(14-25(23)37-18(3)33)27-22-12-13-30(7,29(22,5)6)28(27)21-9-11-24(36-17(2)32)26(15-21)38-19(4)34/h8-11,14-15,22,27-28H,12-13H2,1-7H3. The van der Waals surface area contributed by atoms with Crippen LogP contribution in [-0.4, -0.2) is 23.9 Å². The predicted octanol–water partition coefficient (Wildman–Crippen LogP) is 5.71. The van der Waals surface area contributed by atoms with E-state index in [2.05, 4.69) is 20.8 Å². The Bertz CT molecular complexity index is 1310. The zero-order valence-electron chi connectivity index (χ0n) is 22.9. The van der Waals surface area contributed by atoms with Gasteiger partial charge in [-0.25, -0.2) is 0 Å². The molecule has 2 fully saturated rings. The first kappa shape index (κ1) is 27.4. The summed E-state index contributed by atoms with van der Waals surface area (Å²) in [6.45, 7) is 12.1. The minimum atomic E-state index is -0.515. The van der Waals surface area contributed by atoms with E-state index in [9.17, 15) is 19.2 Å². The van der Waals surface area contributed by atoms with Crippen LogP contribution in [0.4, 0.5) is 0 Å². The lowest BCUT2D eigenvalue weighted by Gasteiger charge is -2.41. The summed E-state index contributed by atoms with van der Waals surface area (Å²) in [5.41, 5.74) is 1.78. The van der Waals surface area contributed by atoms with Crippen LogP contribution in [0.1, 0.15) is 84.3 Å². The Hall–Kier alpha value is -3.68. The first-order valence-electron chi connectivity index (χ1n) is 12.8. The lowest BCUT2D eigenvalue weighted by molar-refractivity contribution is -0.134. The summed E-state index contributed by atoms with van der Waals surface area (Å²) in [4.78, 5) is 47.0. The van der Waals surface area contributed by atoms with Crippen LogP contribution in [0.25, 0.3) is 0 Å². The molecule has 4 atom stereocenters. The number of hydrogen-bond donors (Lipinski definition) is 0. The van der Waals surface area contributed by atoms with E-state index in [0.29, 0.717) is 5.92 Å². The van der Waals surface area contributed by atoms with Crippen LogP contribution in [-0.2, 0) is 19.2 Å². The zero-order valence-corrected chi connectivity index (χ0v) is 22.9. The van der Waals surface area contributed by atoms with Gasteiger partial charge in [-0.05, 0) is 76.8 Å². The van der Waals surface area contributed by atoms with E-state index in [1.54, 1.807) is 24.3 Å². The van der Waals surface area contributed by atoms with Crippen LogP contribution in [0.3, 0.4) is 0 Å². The second-order valence-electron chi connectivity index (χ2n) is 11.1. The molecule has 4 rings (SSSR count). The Labute approximate surface area is 222 Å². The molecule has 2 aliphatic carbocycles. The highest BCUT2D eigenvalue weighted by atomic mass is 16.6. The first-order valence-corrected chi connectivity index (χ1v) is 12.8. The Morgan fingerprint density at radius 1 is 0.658 bits per heavy atom. The number of hydrogen-bond acceptors (Lipinski definition) is 8. The van der Waals surface area contributed by atoms with Crippen molar-refractivity contribution in [1.29, 1.82) is 0 Å². The lowest BCUT2D eigenvalue weighted by atomic mass is 9.63. The molecule has 0 amide bonds. The molecule has 8 heteroatoms. The van der Waals surface area contributed by atoms with Gasteiger partial charge in [0.1, 0.15) is 0 Å². The van der Waals surface area contributed by atoms with Gasteiger partial charge < -0.3 is 18.9 Å². The van der Waals surface area contributed by atoms with E-state index < -0.39 is 23.9 Å². The Morgan fingerprint density at radius 2 is 1.08 bits per heavy atom. The van der Waals surface area contributed by atoms with Gasteiger partial charge in [-0.1, -0.05) is 32.9 Å². The van der Waals surface area contributed by atoms with Gasteiger partial charge in [0, 0.05) is 27.7 Å². The Morgan fingerprint density at radius 3 is 1.55 bits per heavy atom. The third-order valence-corrected chi connectivity index (χ3v) is 8.55. The molecule has 0 saturated heterocycles. The number of rotatable bonds is 6. The SMILES string of the molecule is CC(=O)Oc1ccc(C2C3CCC(C)(C2c2ccc(OC(C)=O)c(OC(C)=O)c2)C3(C)C)cc1OC(C)=O. The molecule has 2 bridgehead atoms. The van der Waals surface area contributed by atoms with Crippen molar-refractivity contribution in [3.8, 4) is 23.0 Å². The average Bonchev–Trinajstić information content (AvgIpc) is 3.12. The summed E-state index contributed by atoms with van der Waals surface area (Å²) >= 11 is 0. The van der Waals surface area contributed by atoms with Crippen LogP contribution < -0.4 is 18.9 Å². The summed E-state index contributed by atoms with van der Waals surface area (Å²) in [7, 11) is 0. The van der Waals surface area contributed by atoms with Crippen molar-refractivity contribution in [3.63, 3.8) is 0 Å². The summed E-state index contributed by atoms with van der Waals surface area (Å²) in [5, 5.41) is 0. The zero-order chi connectivity index (χ0) is 28.0. The molecule has 0 N–H and O–H groups in total. The van der Waals surface area contributed by atoms with E-state index in [-0.39, 0.29) is 45.7 Å². The molecule has 0 radical (unpaired) electrons. The van der Waals surface area contributed by atoms with Gasteiger partial charge >= 0.3 is 23.9 Å². The topological polar surface area (TPSA) is 105 Å². The maximum Gasteiger partial charge on any atom is 0.308 e. The molecule has 2 aliphatic rings. The normalized spacial score (nSPS) is 25.0. The van der Waals surface area contributed by atoms with Crippen molar-refractivity contribution >= 4 is 23.9 Å². The summed E-state index contributed by atoms with van der Waals surface area (Å²) in [6.07, 6.45) is 2.05. The number of carbonyl (C=O) groups is 4. The second-order valence-corrected chi connectivity index (χ2v) is 11.1. The van der Waals surface area contributed by atoms with Crippen molar-refractivity contribution in [2.75, 3.05) is 0 Å². The van der Waals surface area contributed by atoms with Gasteiger partial charge in [-0.3, -0.25) is 19.2 Å². The summed E-state index contributed by atoms with van der Waals surface area (Å²) < 4.78 is 21.5. The molecule has 0 spiro atoms. The van der Waals surface area contributed by atoms with Gasteiger partial charge in [-0.15, -0.1) is 0 Å². The molecule has 0 aliphatic heterocycles. The minimum absolute atomic E-state index is 0.0155. The third kappa shape index (κ3) is 4.79. The number of esters is 4. The molecule has 2 aromatic carbocycles. The number of ether oxygens (including phenoxy) is 4. The Balaban J connectivity index is 1.86. The van der Waals surface area contributed by atoms with E-state index in [4.69, 9.17) is 18.9 Å². The number of fused-ring (bicyclic) bond motifs is 2. The predicted molar refractivity (Wildman–Crippen MR) is 138 cm³/mol. The van der Waals surface area contributed by atoms with Gasteiger partial charge in [-0.2, -0.15) is 0 Å². The number of benzene rings is 2. The molecule has 0 heterocycles. The van der Waals surface area contributed by atoms with Crippen LogP contribution >= 0.6 is 0 Å². The van der Waals surface area contributed by atoms with E-state index in [0.717, 1.165) is 24.0 Å². The fourth-order valence-electron chi connectivity index (χ4n) is 6.77. The largest absolute Gasteiger partial charge is 0.423 e. The molecule has 202 valence electrons. The maximum atomic E-state index is 11.9. The van der Waals surface area contributed by atoms with Crippen molar-refractivity contribution < 1.29 is 38.1 Å². The molecular formula is C30H34O8. The lowest BCUT2D eigenvalue weighted by Crippen LogP contribution is -2.31. The molecular weight excluding hydrogens is 488 g/mol. The van der Waals surface area contributed by atoms with Crippen LogP contribution in [0.2, 0.25) is 0 Å². The third-order valence-electron chi connectivity index (χ3n) is 8.55. The maximum absolute atomic E-state index is 11.9. The van der Waals surface area contributed by atoms with Crippen LogP contribution in [0.15, 0.2) is 36.4 Å². The van der Waals surface area contributed by atoms with Crippen molar-refractivity contribution in [2.45, 2.75) is 73.1 Å².